The van der Waals surface area contributed by atoms with Crippen molar-refractivity contribution in [2.24, 2.45) is 0 Å². The number of imidazole rings is 2. The molecule has 2 aliphatic rings. The van der Waals surface area contributed by atoms with Crippen LogP contribution in [0.15, 0.2) is 122 Å². The molecular formula is C50H57N13O2. The number of hydrogen-bond donors (Lipinski definition) is 3. The summed E-state index contributed by atoms with van der Waals surface area (Å²) in [4.78, 5) is 25.8. The van der Waals surface area contributed by atoms with E-state index in [9.17, 15) is 5.11 Å². The van der Waals surface area contributed by atoms with Crippen LogP contribution < -0.4 is 25.2 Å². The molecule has 0 spiro atoms. The zero-order chi connectivity index (χ0) is 44.7. The molecule has 3 N–H and O–H groups in total. The largest absolute Gasteiger partial charge is 0.508 e. The molecule has 10 rings (SSSR count). The minimum absolute atomic E-state index is 0.230. The average Bonchev–Trinajstić information content (AvgIpc) is 4.18. The molecule has 0 bridgehead atoms. The van der Waals surface area contributed by atoms with Crippen molar-refractivity contribution < 1.29 is 9.84 Å². The summed E-state index contributed by atoms with van der Waals surface area (Å²) in [5.41, 5.74) is 6.73. The summed E-state index contributed by atoms with van der Waals surface area (Å²) < 4.78 is 9.50. The molecule has 15 nitrogen and oxygen atoms in total. The van der Waals surface area contributed by atoms with Crippen LogP contribution in [0.1, 0.15) is 53.4 Å². The van der Waals surface area contributed by atoms with Crippen molar-refractivity contribution in [1.29, 1.82) is 0 Å². The fourth-order valence-electron chi connectivity index (χ4n) is 8.61. The van der Waals surface area contributed by atoms with E-state index in [0.717, 1.165) is 107 Å². The topological polar surface area (TPSA) is 149 Å². The van der Waals surface area contributed by atoms with Crippen molar-refractivity contribution in [1.82, 2.24) is 44.1 Å². The van der Waals surface area contributed by atoms with Gasteiger partial charge in [-0.05, 0) is 138 Å². The fourth-order valence-corrected chi connectivity index (χ4v) is 8.61. The van der Waals surface area contributed by atoms with Crippen molar-refractivity contribution in [2.75, 3.05) is 59.8 Å². The van der Waals surface area contributed by atoms with Crippen LogP contribution in [-0.2, 0) is 0 Å². The number of anilines is 6. The van der Waals surface area contributed by atoms with Crippen molar-refractivity contribution in [3.63, 3.8) is 0 Å². The Bertz CT molecular complexity index is 2820. The molecule has 2 aliphatic heterocycles. The van der Waals surface area contributed by atoms with E-state index in [1.807, 2.05) is 67.0 Å². The summed E-state index contributed by atoms with van der Waals surface area (Å²) in [6.45, 7) is 14.6. The molecule has 6 aromatic heterocycles. The number of likely N-dealkylation sites (N-methyl/N-ethyl adjacent to an activating group) is 1. The average molecular weight is 872 g/mol. The number of aromatic hydroxyl groups is 1. The smallest absolute Gasteiger partial charge is 0.177 e. The summed E-state index contributed by atoms with van der Waals surface area (Å²) in [7, 11) is 0. The first kappa shape index (κ1) is 43.0. The molecule has 2 atom stereocenters. The summed E-state index contributed by atoms with van der Waals surface area (Å²) in [5.74, 6) is 4.67. The van der Waals surface area contributed by atoms with Crippen LogP contribution in [-0.4, -0.2) is 101 Å². The number of nitrogens with zero attached hydrogens (tertiary/aromatic N) is 11. The predicted octanol–water partition coefficient (Wildman–Crippen LogP) is 9.47. The Morgan fingerprint density at radius 2 is 1.15 bits per heavy atom. The van der Waals surface area contributed by atoms with Crippen molar-refractivity contribution in [3.8, 4) is 34.0 Å². The van der Waals surface area contributed by atoms with Gasteiger partial charge in [-0.1, -0.05) is 26.0 Å². The second kappa shape index (κ2) is 19.6. The predicted molar refractivity (Wildman–Crippen MR) is 259 cm³/mol. The van der Waals surface area contributed by atoms with Crippen LogP contribution in [0.4, 0.5) is 34.6 Å². The second-order valence-corrected chi connectivity index (χ2v) is 16.6. The van der Waals surface area contributed by atoms with Crippen molar-refractivity contribution in [3.05, 3.63) is 122 Å². The van der Waals surface area contributed by atoms with E-state index in [2.05, 4.69) is 98.4 Å². The quantitative estimate of drug-likeness (QED) is 0.0954. The number of nitrogens with one attached hydrogen (secondary N) is 2. The van der Waals surface area contributed by atoms with Gasteiger partial charge in [0.1, 0.15) is 41.4 Å². The second-order valence-electron chi connectivity index (χ2n) is 16.6. The Morgan fingerprint density at radius 3 is 1.62 bits per heavy atom. The Balaban J connectivity index is 0.000000168. The van der Waals surface area contributed by atoms with Gasteiger partial charge in [0, 0.05) is 67.6 Å². The summed E-state index contributed by atoms with van der Waals surface area (Å²) in [5, 5.41) is 25.9. The molecule has 65 heavy (non-hydrogen) atoms. The number of phenolic OH excluding ortho intramolecular Hbond substituents is 1. The molecule has 2 aromatic carbocycles. The molecule has 0 radical (unpaired) electrons. The van der Waals surface area contributed by atoms with Crippen LogP contribution in [0.25, 0.3) is 33.8 Å². The van der Waals surface area contributed by atoms with Gasteiger partial charge in [0.25, 0.3) is 0 Å². The van der Waals surface area contributed by atoms with Crippen LogP contribution in [0.2, 0.25) is 0 Å². The van der Waals surface area contributed by atoms with Crippen LogP contribution >= 0.6 is 0 Å². The molecule has 2 saturated heterocycles. The Kier molecular flexibility index (Phi) is 13.0. The Labute approximate surface area is 379 Å². The first-order valence-electron chi connectivity index (χ1n) is 22.8. The number of pyridine rings is 2. The van der Waals surface area contributed by atoms with Crippen LogP contribution in [0.3, 0.4) is 0 Å². The highest BCUT2D eigenvalue weighted by molar-refractivity contribution is 5.78. The zero-order valence-corrected chi connectivity index (χ0v) is 37.5. The normalized spacial score (nSPS) is 16.0. The highest BCUT2D eigenvalue weighted by Gasteiger charge is 2.23. The van der Waals surface area contributed by atoms with E-state index in [4.69, 9.17) is 19.8 Å². The highest BCUT2D eigenvalue weighted by atomic mass is 16.5. The van der Waals surface area contributed by atoms with E-state index >= 15 is 0 Å². The first-order chi connectivity index (χ1) is 31.8. The van der Waals surface area contributed by atoms with E-state index in [-0.39, 0.29) is 5.75 Å². The number of ether oxygens (including phenoxy) is 1. The molecule has 0 amide bonds. The molecule has 15 heteroatoms. The van der Waals surface area contributed by atoms with Gasteiger partial charge in [-0.25, -0.2) is 29.0 Å². The standard InChI is InChI=1S/C28H35N7O.C22H22N6O/c1-4-33(5-2)18-19-36-23-13-11-22(12-14-23)24-20-25(28-29-15-17-35(28)32-24)30-26-9-6-10-27(31-26)34-16-7-8-21(34)3;1-15-4-3-12-27(15)21-6-2-5-20(25-21)24-19-14-18(16-7-9-17(29)10-8-16)26-28-13-11-23-22(19)28/h6,9-15,17,20-21H,4-5,7-8,16,18-19H2,1-3H3,(H,30,31);2,5-11,13-15,29H,3-4,12H2,1H3,(H,24,25). The maximum atomic E-state index is 9.57. The third-order valence-corrected chi connectivity index (χ3v) is 12.3. The Hall–Kier alpha value is -7.26. The monoisotopic (exact) mass is 871 g/mol. The van der Waals surface area contributed by atoms with Crippen molar-refractivity contribution >= 4 is 45.9 Å². The highest BCUT2D eigenvalue weighted by Crippen LogP contribution is 2.31. The van der Waals surface area contributed by atoms with Gasteiger partial charge in [0.05, 0.1) is 22.8 Å². The van der Waals surface area contributed by atoms with E-state index in [1.54, 1.807) is 33.6 Å². The molecule has 0 saturated carbocycles. The third-order valence-electron chi connectivity index (χ3n) is 12.3. The lowest BCUT2D eigenvalue weighted by Crippen LogP contribution is -2.27. The van der Waals surface area contributed by atoms with Gasteiger partial charge in [-0.15, -0.1) is 0 Å². The van der Waals surface area contributed by atoms with Crippen LogP contribution in [0, 0.1) is 0 Å². The van der Waals surface area contributed by atoms with Crippen molar-refractivity contribution in [2.45, 2.75) is 65.5 Å². The lowest BCUT2D eigenvalue weighted by molar-refractivity contribution is 0.223. The zero-order valence-electron chi connectivity index (χ0n) is 37.5. The molecule has 8 heterocycles. The maximum Gasteiger partial charge on any atom is 0.177 e. The number of benzene rings is 2. The van der Waals surface area contributed by atoms with Gasteiger partial charge < -0.3 is 35.2 Å². The third kappa shape index (κ3) is 9.95. The van der Waals surface area contributed by atoms with E-state index in [0.29, 0.717) is 18.7 Å². The number of rotatable bonds is 14. The lowest BCUT2D eigenvalue weighted by Gasteiger charge is -2.23. The fraction of sp³-hybridized carbons (Fsp3) is 0.320. The lowest BCUT2D eigenvalue weighted by atomic mass is 10.1. The molecule has 2 fully saturated rings. The number of phenols is 1. The first-order valence-corrected chi connectivity index (χ1v) is 22.8. The van der Waals surface area contributed by atoms with Gasteiger partial charge in [0.2, 0.25) is 0 Å². The van der Waals surface area contributed by atoms with E-state index in [1.165, 1.54) is 25.7 Å². The number of aromatic nitrogens is 8. The summed E-state index contributed by atoms with van der Waals surface area (Å²) >= 11 is 0. The molecule has 2 unspecified atom stereocenters. The SMILES string of the molecule is CC1CCCN1c1cccc(Nc2cc(-c3ccc(O)cc3)nn3ccnc23)n1.CCN(CC)CCOc1ccc(-c2cc(Nc3cccc(N4CCCC4C)n3)c3nccn3n2)cc1. The molecule has 334 valence electrons. The summed E-state index contributed by atoms with van der Waals surface area (Å²) in [6.07, 6.45) is 12.0. The number of fused-ring (bicyclic) bond motifs is 2. The van der Waals surface area contributed by atoms with Crippen LogP contribution in [0.5, 0.6) is 11.5 Å². The molecular weight excluding hydrogens is 815 g/mol. The minimum Gasteiger partial charge on any atom is -0.508 e. The molecule has 8 aromatic rings. The van der Waals surface area contributed by atoms with E-state index < -0.39 is 0 Å². The maximum absolute atomic E-state index is 9.57. The minimum atomic E-state index is 0.230. The van der Waals surface area contributed by atoms with Gasteiger partial charge in [-0.3, -0.25) is 0 Å². The van der Waals surface area contributed by atoms with Gasteiger partial charge in [-0.2, -0.15) is 10.2 Å². The number of hydrogen-bond acceptors (Lipinski definition) is 13. The Morgan fingerprint density at radius 1 is 0.662 bits per heavy atom. The molecule has 0 aliphatic carbocycles. The van der Waals surface area contributed by atoms with Gasteiger partial charge in [0.15, 0.2) is 11.3 Å². The van der Waals surface area contributed by atoms with Gasteiger partial charge >= 0.3 is 0 Å². The summed E-state index contributed by atoms with van der Waals surface area (Å²) in [6, 6.07) is 32.3.